The van der Waals surface area contributed by atoms with Crippen LogP contribution in [0.1, 0.15) is 0 Å². The quantitative estimate of drug-likeness (QED) is 0.393. The number of nitrogen functional groups attached to an aromatic ring is 1. The predicted octanol–water partition coefficient (Wildman–Crippen LogP) is 5.70. The Hall–Kier alpha value is -3.64. The van der Waals surface area contributed by atoms with Gasteiger partial charge in [-0.15, -0.1) is 0 Å². The first-order chi connectivity index (χ1) is 14.3. The van der Waals surface area contributed by atoms with Crippen LogP contribution in [-0.2, 0) is 0 Å². The zero-order valence-corrected chi connectivity index (χ0v) is 16.1. The van der Waals surface area contributed by atoms with E-state index in [9.17, 15) is 0 Å². The van der Waals surface area contributed by atoms with Crippen molar-refractivity contribution in [2.75, 3.05) is 5.73 Å². The number of nitrogens with two attached hydrogens (primary N) is 1. The molecule has 0 aliphatic heterocycles. The third kappa shape index (κ3) is 3.34. The van der Waals surface area contributed by atoms with Gasteiger partial charge in [-0.05, 0) is 23.6 Å². The molecule has 0 saturated heterocycles. The van der Waals surface area contributed by atoms with Crippen LogP contribution in [0.15, 0.2) is 95.2 Å². The van der Waals surface area contributed by atoms with Crippen LogP contribution in [0.5, 0.6) is 11.6 Å². The van der Waals surface area contributed by atoms with Crippen molar-refractivity contribution in [2.24, 2.45) is 0 Å². The van der Waals surface area contributed by atoms with Crippen molar-refractivity contribution in [3.8, 4) is 11.6 Å². The Morgan fingerprint density at radius 2 is 1.55 bits per heavy atom. The first-order valence-electron chi connectivity index (χ1n) is 9.07. The van der Waals surface area contributed by atoms with Crippen LogP contribution in [0.4, 0.5) is 5.69 Å². The number of nitrogens with zero attached hydrogens (tertiary/aromatic N) is 3. The molecule has 0 amide bonds. The number of benzene rings is 3. The lowest BCUT2D eigenvalue weighted by atomic mass is 10.1. The Morgan fingerprint density at radius 1 is 0.759 bits per heavy atom. The molecule has 140 valence electrons. The van der Waals surface area contributed by atoms with Gasteiger partial charge in [0.1, 0.15) is 22.8 Å². The van der Waals surface area contributed by atoms with E-state index in [2.05, 4.69) is 15.0 Å². The zero-order valence-electron chi connectivity index (χ0n) is 15.3. The van der Waals surface area contributed by atoms with E-state index >= 15 is 0 Å². The van der Waals surface area contributed by atoms with Gasteiger partial charge in [0.2, 0.25) is 5.88 Å². The van der Waals surface area contributed by atoms with Crippen molar-refractivity contribution in [2.45, 2.75) is 9.92 Å². The van der Waals surface area contributed by atoms with Gasteiger partial charge in [0.25, 0.3) is 0 Å². The summed E-state index contributed by atoms with van der Waals surface area (Å²) in [5.41, 5.74) is 7.69. The average Bonchev–Trinajstić information content (AvgIpc) is 2.77. The highest BCUT2D eigenvalue weighted by Gasteiger charge is 2.14. The lowest BCUT2D eigenvalue weighted by Gasteiger charge is -2.12. The van der Waals surface area contributed by atoms with Gasteiger partial charge in [0, 0.05) is 21.9 Å². The average molecular weight is 396 g/mol. The van der Waals surface area contributed by atoms with Crippen LogP contribution >= 0.6 is 11.8 Å². The predicted molar refractivity (Wildman–Crippen MR) is 116 cm³/mol. The fraction of sp³-hybridized carbons (Fsp3) is 0. The van der Waals surface area contributed by atoms with Gasteiger partial charge in [-0.3, -0.25) is 4.98 Å². The number of hydrogen-bond acceptors (Lipinski definition) is 6. The molecule has 2 N–H and O–H groups in total. The number of fused-ring (bicyclic) bond motifs is 2. The van der Waals surface area contributed by atoms with E-state index < -0.39 is 0 Å². The van der Waals surface area contributed by atoms with E-state index in [0.29, 0.717) is 22.3 Å². The van der Waals surface area contributed by atoms with Gasteiger partial charge in [0.15, 0.2) is 0 Å². The molecule has 0 aliphatic rings. The third-order valence-electron chi connectivity index (χ3n) is 4.57. The summed E-state index contributed by atoms with van der Waals surface area (Å²) in [6, 6.07) is 23.9. The molecular weight excluding hydrogens is 380 g/mol. The highest BCUT2D eigenvalue weighted by Crippen LogP contribution is 2.38. The van der Waals surface area contributed by atoms with Crippen LogP contribution in [0.25, 0.3) is 21.7 Å². The van der Waals surface area contributed by atoms with Gasteiger partial charge in [-0.25, -0.2) is 4.98 Å². The molecule has 0 spiro atoms. The minimum absolute atomic E-state index is 0.340. The van der Waals surface area contributed by atoms with Crippen LogP contribution in [0, 0.1) is 0 Å². The number of para-hydroxylation sites is 1. The number of hydrogen-bond donors (Lipinski definition) is 1. The normalized spacial score (nSPS) is 11.0. The number of aromatic nitrogens is 3. The minimum atomic E-state index is 0.340. The fourth-order valence-corrected chi connectivity index (χ4v) is 4.10. The lowest BCUT2D eigenvalue weighted by Crippen LogP contribution is -1.99. The first-order valence-corrected chi connectivity index (χ1v) is 9.89. The van der Waals surface area contributed by atoms with Crippen LogP contribution in [0.2, 0.25) is 0 Å². The Labute approximate surface area is 171 Å². The summed E-state index contributed by atoms with van der Waals surface area (Å²) in [5.74, 6) is 1.04. The van der Waals surface area contributed by atoms with Crippen molar-refractivity contribution in [1.82, 2.24) is 15.0 Å². The summed E-state index contributed by atoms with van der Waals surface area (Å²) in [4.78, 5) is 14.1. The Kier molecular flexibility index (Phi) is 4.46. The largest absolute Gasteiger partial charge is 0.436 e. The zero-order chi connectivity index (χ0) is 19.6. The van der Waals surface area contributed by atoms with E-state index in [1.165, 1.54) is 18.1 Å². The van der Waals surface area contributed by atoms with E-state index in [1.54, 1.807) is 6.20 Å². The SMILES string of the molecule is Nc1c(Oc2cccc3ccccc23)ncnc1Sc1cccc2cccnc12. The number of ether oxygens (including phenoxy) is 1. The van der Waals surface area contributed by atoms with E-state index in [1.807, 2.05) is 72.8 Å². The van der Waals surface area contributed by atoms with Crippen molar-refractivity contribution in [3.63, 3.8) is 0 Å². The first kappa shape index (κ1) is 17.5. The second-order valence-corrected chi connectivity index (χ2v) is 7.44. The number of rotatable bonds is 4. The van der Waals surface area contributed by atoms with Gasteiger partial charge in [-0.2, -0.15) is 4.98 Å². The topological polar surface area (TPSA) is 73.9 Å². The smallest absolute Gasteiger partial charge is 0.247 e. The molecule has 0 radical (unpaired) electrons. The molecule has 0 saturated carbocycles. The van der Waals surface area contributed by atoms with Crippen molar-refractivity contribution in [3.05, 3.63) is 85.3 Å². The van der Waals surface area contributed by atoms with Gasteiger partial charge in [0.05, 0.1) is 5.52 Å². The van der Waals surface area contributed by atoms with Crippen molar-refractivity contribution in [1.29, 1.82) is 0 Å². The molecule has 0 unspecified atom stereocenters. The Morgan fingerprint density at radius 3 is 2.52 bits per heavy atom. The van der Waals surface area contributed by atoms with Crippen LogP contribution in [0.3, 0.4) is 0 Å². The minimum Gasteiger partial charge on any atom is -0.436 e. The highest BCUT2D eigenvalue weighted by molar-refractivity contribution is 7.99. The van der Waals surface area contributed by atoms with E-state index in [4.69, 9.17) is 10.5 Å². The molecule has 2 aromatic heterocycles. The second-order valence-electron chi connectivity index (χ2n) is 6.41. The second kappa shape index (κ2) is 7.41. The molecule has 3 aromatic carbocycles. The molecule has 0 aliphatic carbocycles. The molecule has 2 heterocycles. The molecule has 0 atom stereocenters. The summed E-state index contributed by atoms with van der Waals surface area (Å²) in [7, 11) is 0. The summed E-state index contributed by atoms with van der Waals surface area (Å²) >= 11 is 1.45. The number of pyridine rings is 1. The maximum absolute atomic E-state index is 6.38. The lowest BCUT2D eigenvalue weighted by molar-refractivity contribution is 0.467. The maximum atomic E-state index is 6.38. The summed E-state index contributed by atoms with van der Waals surface area (Å²) in [6.07, 6.45) is 3.25. The Bertz CT molecular complexity index is 1230. The third-order valence-corrected chi connectivity index (χ3v) is 5.64. The van der Waals surface area contributed by atoms with Crippen LogP contribution in [-0.4, -0.2) is 15.0 Å². The Balaban J connectivity index is 1.52. The van der Waals surface area contributed by atoms with Gasteiger partial charge < -0.3 is 10.5 Å². The monoisotopic (exact) mass is 396 g/mol. The fourth-order valence-electron chi connectivity index (χ4n) is 3.18. The highest BCUT2D eigenvalue weighted by atomic mass is 32.2. The molecular formula is C23H16N4OS. The molecule has 5 aromatic rings. The summed E-state index contributed by atoms with van der Waals surface area (Å²) in [6.45, 7) is 0. The molecule has 0 fully saturated rings. The molecule has 5 nitrogen and oxygen atoms in total. The maximum Gasteiger partial charge on any atom is 0.247 e. The molecule has 5 rings (SSSR count). The van der Waals surface area contributed by atoms with Crippen molar-refractivity contribution < 1.29 is 4.74 Å². The summed E-state index contributed by atoms with van der Waals surface area (Å²) in [5, 5.41) is 3.79. The molecule has 6 heteroatoms. The van der Waals surface area contributed by atoms with Gasteiger partial charge >= 0.3 is 0 Å². The summed E-state index contributed by atoms with van der Waals surface area (Å²) < 4.78 is 6.08. The molecule has 0 bridgehead atoms. The standard InChI is InChI=1S/C23H16N4OS/c24-20-22(28-18-11-3-7-15-6-1-2-10-17(15)18)26-14-27-23(20)29-19-12-4-8-16-9-5-13-25-21(16)19/h1-14H,24H2. The van der Waals surface area contributed by atoms with E-state index in [0.717, 1.165) is 26.6 Å². The van der Waals surface area contributed by atoms with Gasteiger partial charge in [-0.1, -0.05) is 66.4 Å². The number of anilines is 1. The van der Waals surface area contributed by atoms with Crippen molar-refractivity contribution >= 4 is 39.1 Å². The molecule has 29 heavy (non-hydrogen) atoms. The van der Waals surface area contributed by atoms with E-state index in [-0.39, 0.29) is 0 Å². The van der Waals surface area contributed by atoms with Crippen LogP contribution < -0.4 is 10.5 Å².